The molecule has 6 heteroatoms. The highest BCUT2D eigenvalue weighted by Crippen LogP contribution is 2.17. The number of unbranched alkanes of at least 4 members (excludes halogenated alkanes) is 36. The number of hydrogen-bond acceptors (Lipinski definition) is 6. The topological polar surface area (TPSA) is 78.9 Å². The van der Waals surface area contributed by atoms with Crippen molar-refractivity contribution in [2.24, 2.45) is 0 Å². The average Bonchev–Trinajstić information content (AvgIpc) is 3.28. The van der Waals surface area contributed by atoms with Crippen LogP contribution in [0.5, 0.6) is 0 Å². The van der Waals surface area contributed by atoms with Crippen LogP contribution < -0.4 is 0 Å². The summed E-state index contributed by atoms with van der Waals surface area (Å²) in [6.07, 6.45) is 60.2. The summed E-state index contributed by atoms with van der Waals surface area (Å²) in [6, 6.07) is 0. The van der Waals surface area contributed by atoms with Gasteiger partial charge in [0, 0.05) is 19.3 Å². The fourth-order valence-corrected chi connectivity index (χ4v) is 8.23. The molecular formula is C57H106O6. The zero-order chi connectivity index (χ0) is 45.8. The number of carbonyl (C=O) groups excluding carboxylic acids is 3. The summed E-state index contributed by atoms with van der Waals surface area (Å²) in [7, 11) is 0. The first-order valence-electron chi connectivity index (χ1n) is 27.8. The molecule has 0 fully saturated rings. The van der Waals surface area contributed by atoms with Gasteiger partial charge in [-0.2, -0.15) is 0 Å². The third-order valence-corrected chi connectivity index (χ3v) is 12.5. The van der Waals surface area contributed by atoms with Crippen LogP contribution in [-0.4, -0.2) is 37.2 Å². The van der Waals surface area contributed by atoms with Gasteiger partial charge in [0.2, 0.25) is 0 Å². The third kappa shape index (κ3) is 50.7. The van der Waals surface area contributed by atoms with Crippen molar-refractivity contribution in [2.45, 2.75) is 309 Å². The van der Waals surface area contributed by atoms with E-state index in [1.54, 1.807) is 0 Å². The second-order valence-electron chi connectivity index (χ2n) is 18.9. The lowest BCUT2D eigenvalue weighted by Crippen LogP contribution is -2.30. The Morgan fingerprint density at radius 3 is 0.921 bits per heavy atom. The van der Waals surface area contributed by atoms with Gasteiger partial charge in [0.1, 0.15) is 13.2 Å². The van der Waals surface area contributed by atoms with Crippen LogP contribution in [0.1, 0.15) is 303 Å². The van der Waals surface area contributed by atoms with E-state index in [-0.39, 0.29) is 31.1 Å². The van der Waals surface area contributed by atoms with E-state index in [0.717, 1.165) is 83.5 Å². The van der Waals surface area contributed by atoms with Crippen LogP contribution in [0.25, 0.3) is 0 Å². The molecule has 0 bridgehead atoms. The van der Waals surface area contributed by atoms with Gasteiger partial charge < -0.3 is 14.2 Å². The number of allylic oxidation sites excluding steroid dienone is 4. The van der Waals surface area contributed by atoms with Crippen LogP contribution in [0.4, 0.5) is 0 Å². The molecule has 0 radical (unpaired) electrons. The fourth-order valence-electron chi connectivity index (χ4n) is 8.23. The standard InChI is InChI=1S/C57H106O6/c1-4-7-10-13-16-19-22-25-27-28-29-30-33-35-38-41-44-47-50-56(59)62-53-54(52-61-55(58)49-46-43-40-37-34-31-24-21-18-15-12-9-6-3)63-57(60)51-48-45-42-39-36-32-26-23-20-17-14-11-8-5-2/h14,17,23,26,54H,4-13,15-16,18-22,24-25,27-53H2,1-3H3/b17-14-,26-23-/t54-/m1/s1. The van der Waals surface area contributed by atoms with Gasteiger partial charge >= 0.3 is 17.9 Å². The summed E-state index contributed by atoms with van der Waals surface area (Å²) < 4.78 is 16.8. The lowest BCUT2D eigenvalue weighted by molar-refractivity contribution is -0.167. The van der Waals surface area contributed by atoms with Crippen molar-refractivity contribution in [1.29, 1.82) is 0 Å². The number of esters is 3. The summed E-state index contributed by atoms with van der Waals surface area (Å²) in [4.78, 5) is 38.0. The van der Waals surface area contributed by atoms with E-state index in [4.69, 9.17) is 14.2 Å². The maximum absolute atomic E-state index is 12.8. The molecule has 1 atom stereocenters. The summed E-state index contributed by atoms with van der Waals surface area (Å²) >= 11 is 0. The van der Waals surface area contributed by atoms with Crippen LogP contribution in [0.2, 0.25) is 0 Å². The van der Waals surface area contributed by atoms with E-state index in [0.29, 0.717) is 19.3 Å². The van der Waals surface area contributed by atoms with Gasteiger partial charge in [-0.3, -0.25) is 14.4 Å². The first-order chi connectivity index (χ1) is 31.0. The fraction of sp³-hybridized carbons (Fsp3) is 0.877. The second-order valence-corrected chi connectivity index (χ2v) is 18.9. The first-order valence-corrected chi connectivity index (χ1v) is 27.8. The van der Waals surface area contributed by atoms with Crippen molar-refractivity contribution in [3.05, 3.63) is 24.3 Å². The van der Waals surface area contributed by atoms with Crippen molar-refractivity contribution in [3.63, 3.8) is 0 Å². The minimum absolute atomic E-state index is 0.0717. The van der Waals surface area contributed by atoms with Gasteiger partial charge in [-0.1, -0.05) is 263 Å². The molecule has 0 saturated heterocycles. The summed E-state index contributed by atoms with van der Waals surface area (Å²) in [5, 5.41) is 0. The molecular weight excluding hydrogens is 781 g/mol. The maximum Gasteiger partial charge on any atom is 0.306 e. The van der Waals surface area contributed by atoms with Crippen molar-refractivity contribution < 1.29 is 28.6 Å². The quantitative estimate of drug-likeness (QED) is 0.0262. The second kappa shape index (κ2) is 52.5. The molecule has 0 aromatic carbocycles. The van der Waals surface area contributed by atoms with Crippen LogP contribution in [0.15, 0.2) is 24.3 Å². The molecule has 0 saturated carbocycles. The number of rotatable bonds is 51. The molecule has 0 amide bonds. The summed E-state index contributed by atoms with van der Waals surface area (Å²) in [5.74, 6) is -0.867. The van der Waals surface area contributed by atoms with E-state index in [2.05, 4.69) is 45.1 Å². The van der Waals surface area contributed by atoms with Crippen LogP contribution >= 0.6 is 0 Å². The van der Waals surface area contributed by atoms with Gasteiger partial charge in [0.25, 0.3) is 0 Å². The van der Waals surface area contributed by atoms with Crippen molar-refractivity contribution in [3.8, 4) is 0 Å². The van der Waals surface area contributed by atoms with Gasteiger partial charge in [0.05, 0.1) is 0 Å². The highest BCUT2D eigenvalue weighted by molar-refractivity contribution is 5.71. The Balaban J connectivity index is 4.31. The SMILES string of the molecule is CCCC/C=C\C/C=C\CCCCCCCC(=O)O[C@H](COC(=O)CCCCCCCCCCCCCCC)COC(=O)CCCCCCCCCCCCCCCCCCCC. The normalized spacial score (nSPS) is 12.1. The van der Waals surface area contributed by atoms with Crippen molar-refractivity contribution in [2.75, 3.05) is 13.2 Å². The van der Waals surface area contributed by atoms with Crippen LogP contribution in [-0.2, 0) is 28.6 Å². The summed E-state index contributed by atoms with van der Waals surface area (Å²) in [5.41, 5.74) is 0. The minimum Gasteiger partial charge on any atom is -0.462 e. The zero-order valence-electron chi connectivity index (χ0n) is 42.4. The van der Waals surface area contributed by atoms with Crippen molar-refractivity contribution in [1.82, 2.24) is 0 Å². The smallest absolute Gasteiger partial charge is 0.306 e. The summed E-state index contributed by atoms with van der Waals surface area (Å²) in [6.45, 7) is 6.63. The lowest BCUT2D eigenvalue weighted by atomic mass is 10.0. The Hall–Kier alpha value is -2.11. The Morgan fingerprint density at radius 1 is 0.317 bits per heavy atom. The Labute approximate surface area is 392 Å². The van der Waals surface area contributed by atoms with Gasteiger partial charge in [-0.05, 0) is 44.9 Å². The molecule has 0 aliphatic rings. The molecule has 0 aliphatic carbocycles. The van der Waals surface area contributed by atoms with E-state index in [1.165, 1.54) is 180 Å². The van der Waals surface area contributed by atoms with Gasteiger partial charge in [-0.15, -0.1) is 0 Å². The predicted molar refractivity (Wildman–Crippen MR) is 270 cm³/mol. The van der Waals surface area contributed by atoms with E-state index in [1.807, 2.05) is 0 Å². The van der Waals surface area contributed by atoms with E-state index < -0.39 is 6.10 Å². The molecule has 0 heterocycles. The lowest BCUT2D eigenvalue weighted by Gasteiger charge is -2.18. The molecule has 0 aromatic heterocycles. The third-order valence-electron chi connectivity index (χ3n) is 12.5. The largest absolute Gasteiger partial charge is 0.462 e. The molecule has 0 rings (SSSR count). The first kappa shape index (κ1) is 60.9. The van der Waals surface area contributed by atoms with Crippen LogP contribution in [0.3, 0.4) is 0 Å². The zero-order valence-corrected chi connectivity index (χ0v) is 42.4. The van der Waals surface area contributed by atoms with Gasteiger partial charge in [0.15, 0.2) is 6.10 Å². The van der Waals surface area contributed by atoms with Gasteiger partial charge in [-0.25, -0.2) is 0 Å². The highest BCUT2D eigenvalue weighted by atomic mass is 16.6. The minimum atomic E-state index is -0.773. The molecule has 63 heavy (non-hydrogen) atoms. The maximum atomic E-state index is 12.8. The Bertz CT molecular complexity index is 1020. The number of ether oxygens (including phenoxy) is 3. The Kier molecular flexibility index (Phi) is 50.8. The molecule has 370 valence electrons. The van der Waals surface area contributed by atoms with E-state index in [9.17, 15) is 14.4 Å². The molecule has 0 spiro atoms. The average molecular weight is 887 g/mol. The molecule has 6 nitrogen and oxygen atoms in total. The monoisotopic (exact) mass is 887 g/mol. The predicted octanol–water partition coefficient (Wildman–Crippen LogP) is 18.3. The highest BCUT2D eigenvalue weighted by Gasteiger charge is 2.19. The molecule has 0 aliphatic heterocycles. The molecule has 0 aromatic rings. The molecule has 0 unspecified atom stereocenters. The van der Waals surface area contributed by atoms with Crippen molar-refractivity contribution >= 4 is 17.9 Å². The van der Waals surface area contributed by atoms with E-state index >= 15 is 0 Å². The number of carbonyl (C=O) groups is 3. The molecule has 0 N–H and O–H groups in total. The Morgan fingerprint density at radius 2 is 0.587 bits per heavy atom. The van der Waals surface area contributed by atoms with Crippen LogP contribution in [0, 0.1) is 0 Å². The number of hydrogen-bond donors (Lipinski definition) is 0.